The molecule has 0 aromatic heterocycles. The Labute approximate surface area is 108 Å². The van der Waals surface area contributed by atoms with Crippen LogP contribution in [0.4, 0.5) is 4.79 Å². The molecule has 0 aliphatic heterocycles. The molecular weight excluding hydrogens is 238 g/mol. The average molecular weight is 260 g/mol. The molecule has 18 heavy (non-hydrogen) atoms. The van der Waals surface area contributed by atoms with Crippen molar-refractivity contribution in [1.82, 2.24) is 4.90 Å². The lowest BCUT2D eigenvalue weighted by Crippen LogP contribution is -2.53. The Morgan fingerprint density at radius 3 is 2.56 bits per heavy atom. The fourth-order valence-electron chi connectivity index (χ4n) is 1.77. The molecule has 0 saturated heterocycles. The van der Waals surface area contributed by atoms with Crippen molar-refractivity contribution in [2.24, 2.45) is 0 Å². The maximum absolute atomic E-state index is 12.0. The van der Waals surface area contributed by atoms with Crippen LogP contribution in [0.2, 0.25) is 0 Å². The van der Waals surface area contributed by atoms with Gasteiger partial charge in [0.15, 0.2) is 0 Å². The van der Waals surface area contributed by atoms with Gasteiger partial charge < -0.3 is 14.6 Å². The molecule has 0 unspecified atom stereocenters. The van der Waals surface area contributed by atoms with Gasteiger partial charge >= 0.3 is 12.1 Å². The molecule has 6 heteroatoms. The van der Waals surface area contributed by atoms with Crippen LogP contribution in [-0.2, 0) is 14.3 Å². The van der Waals surface area contributed by atoms with E-state index < -0.39 is 24.2 Å². The minimum absolute atomic E-state index is 0.0679. The zero-order valence-corrected chi connectivity index (χ0v) is 11.0. The lowest BCUT2D eigenvalue weighted by Gasteiger charge is -2.41. The first-order valence-electron chi connectivity index (χ1n) is 6.53. The third-order valence-corrected chi connectivity index (χ3v) is 2.75. The van der Waals surface area contributed by atoms with E-state index in [2.05, 4.69) is 0 Å². The monoisotopic (exact) mass is 260 g/mol. The van der Waals surface area contributed by atoms with Crippen molar-refractivity contribution in [1.29, 1.82) is 0 Å². The Balaban J connectivity index is 2.64. The molecule has 1 amide bonds. The number of rotatable bonds is 4. The number of carboxylic acids is 1. The van der Waals surface area contributed by atoms with E-state index in [1.165, 1.54) is 4.90 Å². The van der Waals surface area contributed by atoms with Crippen LogP contribution in [0.3, 0.4) is 0 Å². The highest BCUT2D eigenvalue weighted by Gasteiger charge is 2.38. The topological polar surface area (TPSA) is 76.1 Å². The Bertz CT molecular complexity index is 341. The summed E-state index contributed by atoms with van der Waals surface area (Å²) in [6, 6.07) is -0.171. The van der Waals surface area contributed by atoms with Gasteiger partial charge in [0, 0.05) is 14.5 Å². The fraction of sp³-hybridized carbons (Fsp3) is 0.833. The van der Waals surface area contributed by atoms with E-state index in [9.17, 15) is 9.59 Å². The number of amides is 1. The molecule has 1 saturated carbocycles. The number of carbonyl (C=O) groups is 2. The molecule has 0 atom stereocenters. The molecule has 1 aliphatic rings. The average Bonchev–Trinajstić information content (AvgIpc) is 2.25. The number of carbonyl (C=O) groups excluding carboxylic acids is 1. The maximum atomic E-state index is 12.0. The first-order valence-corrected chi connectivity index (χ1v) is 5.82. The van der Waals surface area contributed by atoms with E-state index in [1.807, 2.05) is 0 Å². The van der Waals surface area contributed by atoms with Crippen LogP contribution in [0.5, 0.6) is 0 Å². The SMILES string of the molecule is [2H]CC(C)(C)OC(=O)N(CC(=O)O)C1CC(OC)C1. The van der Waals surface area contributed by atoms with E-state index in [0.717, 1.165) is 0 Å². The van der Waals surface area contributed by atoms with Gasteiger partial charge in [0.1, 0.15) is 12.1 Å². The van der Waals surface area contributed by atoms with Gasteiger partial charge in [-0.05, 0) is 33.6 Å². The smallest absolute Gasteiger partial charge is 0.411 e. The van der Waals surface area contributed by atoms with Crippen LogP contribution >= 0.6 is 0 Å². The van der Waals surface area contributed by atoms with E-state index in [4.69, 9.17) is 16.0 Å². The Kier molecular flexibility index (Phi) is 4.06. The summed E-state index contributed by atoms with van der Waals surface area (Å²) < 4.78 is 17.6. The summed E-state index contributed by atoms with van der Waals surface area (Å²) in [6.45, 7) is 2.77. The zero-order valence-electron chi connectivity index (χ0n) is 12.0. The number of nitrogens with zero attached hydrogens (tertiary/aromatic N) is 1. The molecule has 0 aromatic carbocycles. The first-order chi connectivity index (χ1) is 8.79. The van der Waals surface area contributed by atoms with Gasteiger partial charge in [0.2, 0.25) is 0 Å². The van der Waals surface area contributed by atoms with Gasteiger partial charge in [0.25, 0.3) is 0 Å². The molecule has 1 aliphatic carbocycles. The lowest BCUT2D eigenvalue weighted by molar-refractivity contribution is -0.140. The molecule has 0 spiro atoms. The van der Waals surface area contributed by atoms with Gasteiger partial charge in [-0.3, -0.25) is 9.69 Å². The highest BCUT2D eigenvalue weighted by molar-refractivity contribution is 5.77. The van der Waals surface area contributed by atoms with Crippen LogP contribution in [0, 0.1) is 0 Å². The van der Waals surface area contributed by atoms with E-state index in [0.29, 0.717) is 12.8 Å². The highest BCUT2D eigenvalue weighted by Crippen LogP contribution is 2.28. The molecule has 0 bridgehead atoms. The van der Waals surface area contributed by atoms with Gasteiger partial charge in [-0.25, -0.2) is 4.79 Å². The van der Waals surface area contributed by atoms with Crippen LogP contribution in [-0.4, -0.2) is 53.5 Å². The van der Waals surface area contributed by atoms with Crippen molar-refractivity contribution >= 4 is 12.1 Å². The molecule has 0 radical (unpaired) electrons. The van der Waals surface area contributed by atoms with Gasteiger partial charge in [-0.15, -0.1) is 0 Å². The first kappa shape index (κ1) is 13.1. The second-order valence-electron chi connectivity index (χ2n) is 5.13. The van der Waals surface area contributed by atoms with Crippen molar-refractivity contribution in [3.05, 3.63) is 0 Å². The molecule has 6 nitrogen and oxygen atoms in total. The van der Waals surface area contributed by atoms with E-state index in [-0.39, 0.29) is 19.0 Å². The van der Waals surface area contributed by atoms with Gasteiger partial charge in [-0.2, -0.15) is 0 Å². The van der Waals surface area contributed by atoms with Crippen molar-refractivity contribution < 1.29 is 25.5 Å². The number of hydrogen-bond acceptors (Lipinski definition) is 4. The number of aliphatic carboxylic acids is 1. The van der Waals surface area contributed by atoms with Crippen molar-refractivity contribution in [3.8, 4) is 0 Å². The highest BCUT2D eigenvalue weighted by atomic mass is 16.6. The minimum Gasteiger partial charge on any atom is -0.480 e. The molecule has 0 aromatic rings. The quantitative estimate of drug-likeness (QED) is 0.828. The number of methoxy groups -OCH3 is 1. The summed E-state index contributed by atoms with van der Waals surface area (Å²) in [7, 11) is 1.59. The zero-order chi connectivity index (χ0) is 14.6. The summed E-state index contributed by atoms with van der Waals surface area (Å²) in [6.07, 6.45) is 0.609. The lowest BCUT2D eigenvalue weighted by atomic mass is 9.88. The Morgan fingerprint density at radius 1 is 1.50 bits per heavy atom. The number of carboxylic acid groups (broad SMARTS) is 1. The molecule has 0 heterocycles. The summed E-state index contributed by atoms with van der Waals surface area (Å²) in [5.41, 5.74) is -0.918. The van der Waals surface area contributed by atoms with Crippen molar-refractivity contribution in [2.45, 2.75) is 51.3 Å². The van der Waals surface area contributed by atoms with Crippen molar-refractivity contribution in [3.63, 3.8) is 0 Å². The molecule has 1 rings (SSSR count). The third kappa shape index (κ3) is 4.18. The van der Waals surface area contributed by atoms with Gasteiger partial charge in [0.05, 0.1) is 6.10 Å². The Hall–Kier alpha value is -1.30. The molecular formula is C12H21NO5. The normalized spacial score (nSPS) is 23.8. The van der Waals surface area contributed by atoms with Gasteiger partial charge in [-0.1, -0.05) is 0 Å². The standard InChI is InChI=1S/C12H21NO5/c1-12(2,3)18-11(16)13(7-10(14)15)8-5-9(6-8)17-4/h8-9H,5-7H2,1-4H3,(H,14,15)/i1D. The molecule has 1 N–H and O–H groups in total. The minimum atomic E-state index is -1.08. The molecule has 104 valence electrons. The van der Waals surface area contributed by atoms with Crippen LogP contribution in [0.15, 0.2) is 0 Å². The predicted octanol–water partition coefficient (Wildman–Crippen LogP) is 1.49. The predicted molar refractivity (Wildman–Crippen MR) is 64.4 cm³/mol. The summed E-state index contributed by atoms with van der Waals surface area (Å²) in [4.78, 5) is 24.0. The summed E-state index contributed by atoms with van der Waals surface area (Å²) >= 11 is 0. The van der Waals surface area contributed by atoms with Crippen LogP contribution < -0.4 is 0 Å². The van der Waals surface area contributed by atoms with E-state index >= 15 is 0 Å². The Morgan fingerprint density at radius 2 is 2.11 bits per heavy atom. The second kappa shape index (κ2) is 5.56. The second-order valence-corrected chi connectivity index (χ2v) is 5.13. The largest absolute Gasteiger partial charge is 0.480 e. The summed E-state index contributed by atoms with van der Waals surface area (Å²) in [5.74, 6) is -1.08. The van der Waals surface area contributed by atoms with Crippen LogP contribution in [0.1, 0.15) is 35.0 Å². The van der Waals surface area contributed by atoms with Crippen molar-refractivity contribution in [2.75, 3.05) is 13.7 Å². The number of hydrogen-bond donors (Lipinski definition) is 1. The van der Waals surface area contributed by atoms with E-state index in [1.54, 1.807) is 21.0 Å². The van der Waals surface area contributed by atoms with Crippen LogP contribution in [0.25, 0.3) is 0 Å². The summed E-state index contributed by atoms with van der Waals surface area (Å²) in [5, 5.41) is 8.86. The maximum Gasteiger partial charge on any atom is 0.411 e. The molecule has 1 fully saturated rings. The third-order valence-electron chi connectivity index (χ3n) is 2.75. The fourth-order valence-corrected chi connectivity index (χ4v) is 1.77. The number of ether oxygens (including phenoxy) is 2.